The van der Waals surface area contributed by atoms with Crippen LogP contribution in [0.1, 0.15) is 64.9 Å². The molecule has 184 valence electrons. The molecular formula is C25H32N2O7. The Morgan fingerprint density at radius 1 is 0.618 bits per heavy atom. The molecule has 0 bridgehead atoms. The van der Waals surface area contributed by atoms with Crippen molar-refractivity contribution in [2.45, 2.75) is 66.0 Å². The number of anilines is 2. The molecule has 2 atom stereocenters. The standard InChI is InChI=1S/C25H32N2O7/c1-15(2)31-23(28)26-21-11-7-9-19(13-21)17(5)33-25(30)34-18(6)20-10-8-12-22(14-20)27-24(29)32-16(3)4/h7-18H,1-6H3,(H,26,28)(H,27,29). The Morgan fingerprint density at radius 2 is 1.00 bits per heavy atom. The molecule has 0 heterocycles. The number of nitrogens with one attached hydrogen (secondary N) is 2. The summed E-state index contributed by atoms with van der Waals surface area (Å²) in [5.74, 6) is 0. The van der Waals surface area contributed by atoms with Gasteiger partial charge >= 0.3 is 18.3 Å². The summed E-state index contributed by atoms with van der Waals surface area (Å²) in [6, 6.07) is 13.8. The van der Waals surface area contributed by atoms with E-state index in [2.05, 4.69) is 10.6 Å². The zero-order valence-corrected chi connectivity index (χ0v) is 20.3. The number of rotatable bonds is 8. The molecule has 0 radical (unpaired) electrons. The molecule has 0 aromatic heterocycles. The zero-order chi connectivity index (χ0) is 25.3. The van der Waals surface area contributed by atoms with Gasteiger partial charge in [0, 0.05) is 11.4 Å². The van der Waals surface area contributed by atoms with Crippen molar-refractivity contribution in [2.24, 2.45) is 0 Å². The molecular weight excluding hydrogens is 440 g/mol. The van der Waals surface area contributed by atoms with Gasteiger partial charge in [0.05, 0.1) is 12.2 Å². The number of hydrogen-bond donors (Lipinski definition) is 2. The van der Waals surface area contributed by atoms with Crippen molar-refractivity contribution >= 4 is 29.7 Å². The molecule has 0 fully saturated rings. The van der Waals surface area contributed by atoms with E-state index in [1.807, 2.05) is 0 Å². The van der Waals surface area contributed by atoms with Gasteiger partial charge in [0.2, 0.25) is 0 Å². The van der Waals surface area contributed by atoms with Gasteiger partial charge in [-0.05, 0) is 76.9 Å². The largest absolute Gasteiger partial charge is 0.509 e. The van der Waals surface area contributed by atoms with Crippen LogP contribution < -0.4 is 10.6 Å². The number of benzene rings is 2. The molecule has 2 amide bonds. The molecule has 0 aliphatic rings. The summed E-state index contributed by atoms with van der Waals surface area (Å²) in [6.45, 7) is 10.4. The molecule has 0 saturated carbocycles. The van der Waals surface area contributed by atoms with Crippen molar-refractivity contribution in [3.63, 3.8) is 0 Å². The van der Waals surface area contributed by atoms with E-state index >= 15 is 0 Å². The van der Waals surface area contributed by atoms with Crippen LogP contribution in [0.2, 0.25) is 0 Å². The molecule has 9 nitrogen and oxygen atoms in total. The second-order valence-corrected chi connectivity index (χ2v) is 8.18. The molecule has 0 spiro atoms. The topological polar surface area (TPSA) is 112 Å². The van der Waals surface area contributed by atoms with Gasteiger partial charge in [0.25, 0.3) is 0 Å². The van der Waals surface area contributed by atoms with Crippen molar-refractivity contribution in [3.05, 3.63) is 59.7 Å². The van der Waals surface area contributed by atoms with Crippen molar-refractivity contribution < 1.29 is 33.3 Å². The van der Waals surface area contributed by atoms with E-state index in [0.717, 1.165) is 0 Å². The van der Waals surface area contributed by atoms with Gasteiger partial charge < -0.3 is 18.9 Å². The summed E-state index contributed by atoms with van der Waals surface area (Å²) in [4.78, 5) is 36.0. The van der Waals surface area contributed by atoms with Crippen LogP contribution in [0, 0.1) is 0 Å². The zero-order valence-electron chi connectivity index (χ0n) is 20.3. The summed E-state index contributed by atoms with van der Waals surface area (Å²) in [7, 11) is 0. The maximum atomic E-state index is 12.4. The lowest BCUT2D eigenvalue weighted by Gasteiger charge is -2.18. The highest BCUT2D eigenvalue weighted by Gasteiger charge is 2.18. The first kappa shape index (κ1) is 26.5. The average molecular weight is 473 g/mol. The maximum absolute atomic E-state index is 12.4. The van der Waals surface area contributed by atoms with Crippen molar-refractivity contribution in [3.8, 4) is 0 Å². The van der Waals surface area contributed by atoms with E-state index in [1.165, 1.54) is 0 Å². The second-order valence-electron chi connectivity index (χ2n) is 8.18. The van der Waals surface area contributed by atoms with Gasteiger partial charge in [-0.15, -0.1) is 0 Å². The third-order valence-corrected chi connectivity index (χ3v) is 4.44. The van der Waals surface area contributed by atoms with Gasteiger partial charge in [-0.1, -0.05) is 24.3 Å². The van der Waals surface area contributed by atoms with Crippen LogP contribution in [0.15, 0.2) is 48.5 Å². The molecule has 2 N–H and O–H groups in total. The van der Waals surface area contributed by atoms with Gasteiger partial charge in [-0.3, -0.25) is 10.6 Å². The minimum Gasteiger partial charge on any atom is -0.447 e. The average Bonchev–Trinajstić information content (AvgIpc) is 2.72. The summed E-state index contributed by atoms with van der Waals surface area (Å²) >= 11 is 0. The normalized spacial score (nSPS) is 12.5. The summed E-state index contributed by atoms with van der Waals surface area (Å²) < 4.78 is 20.9. The number of amides is 2. The van der Waals surface area contributed by atoms with Crippen LogP contribution in [0.3, 0.4) is 0 Å². The lowest BCUT2D eigenvalue weighted by Crippen LogP contribution is -2.18. The van der Waals surface area contributed by atoms with Crippen LogP contribution in [0.5, 0.6) is 0 Å². The highest BCUT2D eigenvalue weighted by atomic mass is 16.7. The number of ether oxygens (including phenoxy) is 4. The Kier molecular flexibility index (Phi) is 9.73. The quantitative estimate of drug-likeness (QED) is 0.330. The van der Waals surface area contributed by atoms with E-state index < -0.39 is 30.5 Å². The second kappa shape index (κ2) is 12.5. The predicted octanol–water partition coefficient (Wildman–Crippen LogP) is 6.58. The first-order valence-corrected chi connectivity index (χ1v) is 11.1. The highest BCUT2D eigenvalue weighted by Crippen LogP contribution is 2.25. The monoisotopic (exact) mass is 472 g/mol. The van der Waals surface area contributed by atoms with E-state index in [1.54, 1.807) is 90.1 Å². The molecule has 0 saturated heterocycles. The summed E-state index contributed by atoms with van der Waals surface area (Å²) in [5, 5.41) is 5.27. The van der Waals surface area contributed by atoms with Gasteiger partial charge in [0.1, 0.15) is 12.2 Å². The molecule has 2 aromatic rings. The molecule has 0 aliphatic heterocycles. The van der Waals surface area contributed by atoms with E-state index in [9.17, 15) is 14.4 Å². The number of hydrogen-bond acceptors (Lipinski definition) is 7. The van der Waals surface area contributed by atoms with Crippen LogP contribution in [-0.4, -0.2) is 30.5 Å². The van der Waals surface area contributed by atoms with Crippen molar-refractivity contribution in [2.75, 3.05) is 10.6 Å². The predicted molar refractivity (Wildman–Crippen MR) is 128 cm³/mol. The van der Waals surface area contributed by atoms with Crippen LogP contribution in [0.4, 0.5) is 25.8 Å². The first-order chi connectivity index (χ1) is 16.0. The lowest BCUT2D eigenvalue weighted by molar-refractivity contribution is 0.00624. The fraction of sp³-hybridized carbons (Fsp3) is 0.400. The highest BCUT2D eigenvalue weighted by molar-refractivity contribution is 5.85. The Morgan fingerprint density at radius 3 is 1.35 bits per heavy atom. The van der Waals surface area contributed by atoms with E-state index in [0.29, 0.717) is 22.5 Å². The van der Waals surface area contributed by atoms with Crippen molar-refractivity contribution in [1.29, 1.82) is 0 Å². The Labute approximate surface area is 199 Å². The SMILES string of the molecule is CC(C)OC(=O)Nc1cccc(C(C)OC(=O)OC(C)c2cccc(NC(=O)OC(C)C)c2)c1. The molecule has 2 unspecified atom stereocenters. The number of carbonyl (C=O) groups is 3. The van der Waals surface area contributed by atoms with E-state index in [-0.39, 0.29) is 12.2 Å². The molecule has 2 aromatic carbocycles. The Bertz CT molecular complexity index is 913. The summed E-state index contributed by atoms with van der Waals surface area (Å²) in [6.07, 6.45) is -3.72. The minimum absolute atomic E-state index is 0.243. The third-order valence-electron chi connectivity index (χ3n) is 4.44. The fourth-order valence-electron chi connectivity index (χ4n) is 2.91. The minimum atomic E-state index is -0.852. The number of carbonyl (C=O) groups excluding carboxylic acids is 3. The smallest absolute Gasteiger partial charge is 0.447 e. The van der Waals surface area contributed by atoms with Crippen LogP contribution >= 0.6 is 0 Å². The first-order valence-electron chi connectivity index (χ1n) is 11.1. The maximum Gasteiger partial charge on any atom is 0.509 e. The molecule has 0 aliphatic carbocycles. The lowest BCUT2D eigenvalue weighted by atomic mass is 10.1. The molecule has 9 heteroatoms. The summed E-state index contributed by atoms with van der Waals surface area (Å²) in [5.41, 5.74) is 2.37. The van der Waals surface area contributed by atoms with E-state index in [4.69, 9.17) is 18.9 Å². The molecule has 2 rings (SSSR count). The van der Waals surface area contributed by atoms with Gasteiger partial charge in [-0.25, -0.2) is 14.4 Å². The molecule has 34 heavy (non-hydrogen) atoms. The van der Waals surface area contributed by atoms with Gasteiger partial charge in [0.15, 0.2) is 0 Å². The van der Waals surface area contributed by atoms with Crippen LogP contribution in [-0.2, 0) is 18.9 Å². The van der Waals surface area contributed by atoms with Gasteiger partial charge in [-0.2, -0.15) is 0 Å². The Balaban J connectivity index is 1.94. The third kappa shape index (κ3) is 9.01. The Hall–Kier alpha value is -3.75. The van der Waals surface area contributed by atoms with Crippen LogP contribution in [0.25, 0.3) is 0 Å². The fourth-order valence-corrected chi connectivity index (χ4v) is 2.91. The van der Waals surface area contributed by atoms with Crippen molar-refractivity contribution in [1.82, 2.24) is 0 Å².